The summed E-state index contributed by atoms with van der Waals surface area (Å²) in [4.78, 5) is 12.3. The Balaban J connectivity index is 1.90. The van der Waals surface area contributed by atoms with Crippen molar-refractivity contribution in [2.45, 2.75) is 51.1 Å². The third-order valence-electron chi connectivity index (χ3n) is 4.12. The van der Waals surface area contributed by atoms with E-state index < -0.39 is 0 Å². The van der Waals surface area contributed by atoms with Gasteiger partial charge in [0, 0.05) is 24.8 Å². The minimum absolute atomic E-state index is 0.0630. The topological polar surface area (TPSA) is 50.4 Å². The number of hydrogen-bond acceptors (Lipinski definition) is 3. The van der Waals surface area contributed by atoms with Crippen LogP contribution in [0.1, 0.15) is 39.5 Å². The number of nitrogens with one attached hydrogen (secondary N) is 2. The molecule has 4 heteroatoms. The van der Waals surface area contributed by atoms with Gasteiger partial charge < -0.3 is 15.4 Å². The fourth-order valence-corrected chi connectivity index (χ4v) is 2.74. The molecule has 2 unspecified atom stereocenters. The smallest absolute Gasteiger partial charge is 0.225 e. The standard InChI is InChI=1S/C13H24N2O2/c1-10-11(4-3-7-14-10)12(16)15-13(2)5-8-17-9-6-13/h10-11,14H,3-9H2,1-2H3,(H,15,16). The number of hydrogen-bond donors (Lipinski definition) is 2. The molecule has 1 amide bonds. The fourth-order valence-electron chi connectivity index (χ4n) is 2.74. The largest absolute Gasteiger partial charge is 0.381 e. The van der Waals surface area contributed by atoms with Crippen molar-refractivity contribution in [3.05, 3.63) is 0 Å². The second-order valence-corrected chi connectivity index (χ2v) is 5.65. The minimum Gasteiger partial charge on any atom is -0.381 e. The van der Waals surface area contributed by atoms with Crippen LogP contribution in [0.3, 0.4) is 0 Å². The first kappa shape index (κ1) is 12.8. The van der Waals surface area contributed by atoms with Gasteiger partial charge in [0.05, 0.1) is 5.92 Å². The molecule has 0 aromatic rings. The Morgan fingerprint density at radius 3 is 2.76 bits per heavy atom. The lowest BCUT2D eigenvalue weighted by Gasteiger charge is -2.37. The summed E-state index contributed by atoms with van der Waals surface area (Å²) in [7, 11) is 0. The first-order chi connectivity index (χ1) is 8.11. The SMILES string of the molecule is CC1NCCCC1C(=O)NC1(C)CCOCC1. The van der Waals surface area contributed by atoms with Gasteiger partial charge in [-0.2, -0.15) is 0 Å². The molecule has 0 spiro atoms. The maximum atomic E-state index is 12.3. The van der Waals surface area contributed by atoms with Gasteiger partial charge in [0.25, 0.3) is 0 Å². The van der Waals surface area contributed by atoms with Crippen LogP contribution in [0.4, 0.5) is 0 Å². The van der Waals surface area contributed by atoms with E-state index in [4.69, 9.17) is 4.74 Å². The van der Waals surface area contributed by atoms with Crippen LogP contribution in [0.15, 0.2) is 0 Å². The molecule has 0 aromatic carbocycles. The van der Waals surface area contributed by atoms with Gasteiger partial charge in [-0.05, 0) is 46.1 Å². The van der Waals surface area contributed by atoms with Crippen molar-refractivity contribution in [3.63, 3.8) is 0 Å². The number of carbonyl (C=O) groups excluding carboxylic acids is 1. The highest BCUT2D eigenvalue weighted by molar-refractivity contribution is 5.80. The summed E-state index contributed by atoms with van der Waals surface area (Å²) in [5, 5.41) is 6.61. The zero-order chi connectivity index (χ0) is 12.3. The molecule has 2 aliphatic heterocycles. The van der Waals surface area contributed by atoms with E-state index in [0.717, 1.165) is 45.4 Å². The van der Waals surface area contributed by atoms with Gasteiger partial charge in [0.1, 0.15) is 0 Å². The van der Waals surface area contributed by atoms with Crippen LogP contribution in [0.2, 0.25) is 0 Å². The molecule has 98 valence electrons. The highest BCUT2D eigenvalue weighted by Gasteiger charge is 2.34. The van der Waals surface area contributed by atoms with Crippen LogP contribution in [0.5, 0.6) is 0 Å². The normalized spacial score (nSPS) is 33.1. The van der Waals surface area contributed by atoms with Gasteiger partial charge in [-0.3, -0.25) is 4.79 Å². The van der Waals surface area contributed by atoms with Crippen molar-refractivity contribution in [1.29, 1.82) is 0 Å². The zero-order valence-electron chi connectivity index (χ0n) is 10.9. The lowest BCUT2D eigenvalue weighted by atomic mass is 9.87. The van der Waals surface area contributed by atoms with E-state index in [1.807, 2.05) is 0 Å². The van der Waals surface area contributed by atoms with E-state index in [9.17, 15) is 4.79 Å². The van der Waals surface area contributed by atoms with Crippen molar-refractivity contribution < 1.29 is 9.53 Å². The highest BCUT2D eigenvalue weighted by atomic mass is 16.5. The molecule has 2 rings (SSSR count). The lowest BCUT2D eigenvalue weighted by Crippen LogP contribution is -2.55. The van der Waals surface area contributed by atoms with Crippen LogP contribution in [0.25, 0.3) is 0 Å². The first-order valence-corrected chi connectivity index (χ1v) is 6.74. The van der Waals surface area contributed by atoms with E-state index >= 15 is 0 Å². The average molecular weight is 240 g/mol. The summed E-state index contributed by atoms with van der Waals surface area (Å²) in [6, 6.07) is 0.298. The Morgan fingerprint density at radius 2 is 2.12 bits per heavy atom. The van der Waals surface area contributed by atoms with E-state index in [-0.39, 0.29) is 17.4 Å². The van der Waals surface area contributed by atoms with Gasteiger partial charge in [-0.15, -0.1) is 0 Å². The van der Waals surface area contributed by atoms with Crippen molar-refractivity contribution in [2.24, 2.45) is 5.92 Å². The molecule has 2 N–H and O–H groups in total. The maximum Gasteiger partial charge on any atom is 0.225 e. The van der Waals surface area contributed by atoms with E-state index in [1.54, 1.807) is 0 Å². The number of piperidine rings is 1. The van der Waals surface area contributed by atoms with Gasteiger partial charge in [-0.25, -0.2) is 0 Å². The molecule has 2 fully saturated rings. The summed E-state index contributed by atoms with van der Waals surface area (Å²) in [5.41, 5.74) is -0.0630. The highest BCUT2D eigenvalue weighted by Crippen LogP contribution is 2.23. The Morgan fingerprint density at radius 1 is 1.41 bits per heavy atom. The molecule has 0 aromatic heterocycles. The van der Waals surface area contributed by atoms with Gasteiger partial charge in [0.15, 0.2) is 0 Å². The molecule has 17 heavy (non-hydrogen) atoms. The second kappa shape index (κ2) is 5.36. The summed E-state index contributed by atoms with van der Waals surface area (Å²) in [5.74, 6) is 0.345. The van der Waals surface area contributed by atoms with E-state index in [2.05, 4.69) is 24.5 Å². The van der Waals surface area contributed by atoms with Crippen molar-refractivity contribution in [2.75, 3.05) is 19.8 Å². The van der Waals surface area contributed by atoms with Gasteiger partial charge in [-0.1, -0.05) is 0 Å². The van der Waals surface area contributed by atoms with Crippen LogP contribution in [-0.4, -0.2) is 37.2 Å². The average Bonchev–Trinajstić information content (AvgIpc) is 2.29. The number of rotatable bonds is 2. The van der Waals surface area contributed by atoms with Crippen molar-refractivity contribution in [1.82, 2.24) is 10.6 Å². The Kier molecular flexibility index (Phi) is 4.05. The molecule has 2 aliphatic rings. The summed E-state index contributed by atoms with van der Waals surface area (Å²) >= 11 is 0. The summed E-state index contributed by atoms with van der Waals surface area (Å²) in [6.45, 7) is 6.80. The summed E-state index contributed by atoms with van der Waals surface area (Å²) < 4.78 is 5.35. The molecular formula is C13H24N2O2. The molecule has 0 aliphatic carbocycles. The molecule has 0 bridgehead atoms. The quantitative estimate of drug-likeness (QED) is 0.759. The van der Waals surface area contributed by atoms with Crippen LogP contribution >= 0.6 is 0 Å². The minimum atomic E-state index is -0.0630. The first-order valence-electron chi connectivity index (χ1n) is 6.74. The molecular weight excluding hydrogens is 216 g/mol. The molecule has 2 atom stereocenters. The van der Waals surface area contributed by atoms with Crippen molar-refractivity contribution >= 4 is 5.91 Å². The summed E-state index contributed by atoms with van der Waals surface area (Å²) in [6.07, 6.45) is 3.95. The predicted octanol–water partition coefficient (Wildman–Crippen LogP) is 1.06. The Hall–Kier alpha value is -0.610. The van der Waals surface area contributed by atoms with Crippen molar-refractivity contribution in [3.8, 4) is 0 Å². The third kappa shape index (κ3) is 3.19. The molecule has 0 saturated carbocycles. The van der Waals surface area contributed by atoms with Crippen LogP contribution in [0, 0.1) is 5.92 Å². The zero-order valence-corrected chi connectivity index (χ0v) is 10.9. The molecule has 2 heterocycles. The van der Waals surface area contributed by atoms with E-state index in [0.29, 0.717) is 6.04 Å². The van der Waals surface area contributed by atoms with Gasteiger partial charge >= 0.3 is 0 Å². The number of carbonyl (C=O) groups is 1. The molecule has 0 radical (unpaired) electrons. The fraction of sp³-hybridized carbons (Fsp3) is 0.923. The molecule has 2 saturated heterocycles. The monoisotopic (exact) mass is 240 g/mol. The van der Waals surface area contributed by atoms with E-state index in [1.165, 1.54) is 0 Å². The maximum absolute atomic E-state index is 12.3. The lowest BCUT2D eigenvalue weighted by molar-refractivity contribution is -0.129. The Labute approximate surface area is 103 Å². The number of ether oxygens (including phenoxy) is 1. The second-order valence-electron chi connectivity index (χ2n) is 5.65. The van der Waals surface area contributed by atoms with Crippen LogP contribution < -0.4 is 10.6 Å². The van der Waals surface area contributed by atoms with Crippen LogP contribution in [-0.2, 0) is 9.53 Å². The van der Waals surface area contributed by atoms with Gasteiger partial charge in [0.2, 0.25) is 5.91 Å². The third-order valence-corrected chi connectivity index (χ3v) is 4.12. The Bertz CT molecular complexity index is 275. The molecule has 4 nitrogen and oxygen atoms in total. The predicted molar refractivity (Wildman–Crippen MR) is 66.8 cm³/mol. The number of amides is 1.